The van der Waals surface area contributed by atoms with E-state index in [4.69, 9.17) is 0 Å². The van der Waals surface area contributed by atoms with Gasteiger partial charge in [-0.15, -0.1) is 0 Å². The maximum absolute atomic E-state index is 2.58. The Balaban J connectivity index is 1.33. The second-order valence-corrected chi connectivity index (χ2v) is 6.23. The maximum atomic E-state index is 2.58. The fourth-order valence-electron chi connectivity index (χ4n) is 3.45. The Morgan fingerprint density at radius 1 is 0.696 bits per heavy atom. The van der Waals surface area contributed by atoms with Crippen LogP contribution in [0.3, 0.4) is 0 Å². The molecule has 0 aliphatic carbocycles. The van der Waals surface area contributed by atoms with E-state index in [0.29, 0.717) is 0 Å². The van der Waals surface area contributed by atoms with E-state index in [2.05, 4.69) is 81.2 Å². The number of anilines is 1. The lowest BCUT2D eigenvalue weighted by molar-refractivity contribution is 0.249. The lowest BCUT2D eigenvalue weighted by atomic mass is 10.2. The molecule has 0 saturated carbocycles. The number of aromatic nitrogens is 1. The van der Waals surface area contributed by atoms with E-state index in [0.717, 1.165) is 39.3 Å². The first-order valence-electron chi connectivity index (χ1n) is 8.46. The lowest BCUT2D eigenvalue weighted by Crippen LogP contribution is -2.47. The van der Waals surface area contributed by atoms with Crippen molar-refractivity contribution in [3.8, 4) is 0 Å². The Labute approximate surface area is 137 Å². The molecule has 3 nitrogen and oxygen atoms in total. The number of para-hydroxylation sites is 2. The van der Waals surface area contributed by atoms with Gasteiger partial charge in [0.25, 0.3) is 0 Å². The minimum atomic E-state index is 1.07. The van der Waals surface area contributed by atoms with Gasteiger partial charge in [0.1, 0.15) is 0 Å². The molecule has 0 radical (unpaired) electrons. The molecule has 2 aromatic carbocycles. The standard InChI is InChI=1S/C20H23N3/c1-2-7-19(8-3-1)22-15-12-21(13-16-22)14-17-23-11-10-18-6-4-5-9-20(18)23/h1-11H,12-17H2. The predicted molar refractivity (Wildman–Crippen MR) is 97.0 cm³/mol. The zero-order valence-corrected chi connectivity index (χ0v) is 13.4. The minimum absolute atomic E-state index is 1.07. The SMILES string of the molecule is c1ccc(N2CCN(CCn3ccc4ccccc43)CC2)cc1. The smallest absolute Gasteiger partial charge is 0.0480 e. The molecule has 3 aromatic rings. The summed E-state index contributed by atoms with van der Waals surface area (Å²) in [5.41, 5.74) is 2.69. The van der Waals surface area contributed by atoms with Crippen molar-refractivity contribution in [3.63, 3.8) is 0 Å². The van der Waals surface area contributed by atoms with E-state index >= 15 is 0 Å². The Morgan fingerprint density at radius 3 is 2.26 bits per heavy atom. The van der Waals surface area contributed by atoms with E-state index in [1.165, 1.54) is 16.6 Å². The van der Waals surface area contributed by atoms with E-state index in [-0.39, 0.29) is 0 Å². The van der Waals surface area contributed by atoms with Crippen molar-refractivity contribution in [3.05, 3.63) is 66.9 Å². The van der Waals surface area contributed by atoms with Gasteiger partial charge in [0.15, 0.2) is 0 Å². The Hall–Kier alpha value is -2.26. The van der Waals surface area contributed by atoms with E-state index < -0.39 is 0 Å². The van der Waals surface area contributed by atoms with Crippen LogP contribution in [0, 0.1) is 0 Å². The molecule has 1 aromatic heterocycles. The number of nitrogens with zero attached hydrogens (tertiary/aromatic N) is 3. The summed E-state index contributed by atoms with van der Waals surface area (Å²) in [5.74, 6) is 0. The van der Waals surface area contributed by atoms with Crippen LogP contribution in [0.5, 0.6) is 0 Å². The van der Waals surface area contributed by atoms with Crippen molar-refractivity contribution < 1.29 is 0 Å². The van der Waals surface area contributed by atoms with Crippen LogP contribution in [0.2, 0.25) is 0 Å². The second-order valence-electron chi connectivity index (χ2n) is 6.23. The average Bonchev–Trinajstić information content (AvgIpc) is 3.04. The number of rotatable bonds is 4. The van der Waals surface area contributed by atoms with Crippen LogP contribution in [0.25, 0.3) is 10.9 Å². The summed E-state index contributed by atoms with van der Waals surface area (Å²) in [6.07, 6.45) is 2.21. The molecule has 0 bridgehead atoms. The minimum Gasteiger partial charge on any atom is -0.369 e. The van der Waals surface area contributed by atoms with Gasteiger partial charge in [0.2, 0.25) is 0 Å². The zero-order valence-electron chi connectivity index (χ0n) is 13.4. The van der Waals surface area contributed by atoms with Crippen molar-refractivity contribution in [1.29, 1.82) is 0 Å². The van der Waals surface area contributed by atoms with Crippen molar-refractivity contribution in [1.82, 2.24) is 9.47 Å². The van der Waals surface area contributed by atoms with Crippen molar-refractivity contribution in [2.24, 2.45) is 0 Å². The number of fused-ring (bicyclic) bond motifs is 1. The highest BCUT2D eigenvalue weighted by molar-refractivity contribution is 5.79. The summed E-state index contributed by atoms with van der Waals surface area (Å²) in [6.45, 7) is 6.73. The van der Waals surface area contributed by atoms with Gasteiger partial charge in [-0.25, -0.2) is 0 Å². The molecule has 0 N–H and O–H groups in total. The summed E-state index contributed by atoms with van der Waals surface area (Å²) >= 11 is 0. The number of piperazine rings is 1. The highest BCUT2D eigenvalue weighted by Gasteiger charge is 2.16. The van der Waals surface area contributed by atoms with Crippen LogP contribution < -0.4 is 4.90 Å². The third-order valence-corrected chi connectivity index (χ3v) is 4.83. The Bertz CT molecular complexity index is 755. The first-order valence-corrected chi connectivity index (χ1v) is 8.46. The molecule has 118 valence electrons. The normalized spacial score (nSPS) is 16.1. The van der Waals surface area contributed by atoms with Crippen LogP contribution >= 0.6 is 0 Å². The number of benzene rings is 2. The van der Waals surface area contributed by atoms with E-state index in [9.17, 15) is 0 Å². The number of hydrogen-bond acceptors (Lipinski definition) is 2. The molecular weight excluding hydrogens is 282 g/mol. The third-order valence-electron chi connectivity index (χ3n) is 4.83. The fourth-order valence-corrected chi connectivity index (χ4v) is 3.45. The Kier molecular flexibility index (Phi) is 4.03. The third kappa shape index (κ3) is 3.10. The summed E-state index contributed by atoms with van der Waals surface area (Å²) in [4.78, 5) is 5.07. The molecular formula is C20H23N3. The quantitative estimate of drug-likeness (QED) is 0.731. The van der Waals surface area contributed by atoms with Crippen LogP contribution in [0.1, 0.15) is 0 Å². The van der Waals surface area contributed by atoms with Crippen LogP contribution in [0.4, 0.5) is 5.69 Å². The van der Waals surface area contributed by atoms with Crippen LogP contribution in [-0.4, -0.2) is 42.2 Å². The topological polar surface area (TPSA) is 11.4 Å². The van der Waals surface area contributed by atoms with Crippen molar-refractivity contribution in [2.45, 2.75) is 6.54 Å². The highest BCUT2D eigenvalue weighted by atomic mass is 15.3. The highest BCUT2D eigenvalue weighted by Crippen LogP contribution is 2.17. The van der Waals surface area contributed by atoms with Gasteiger partial charge in [0.05, 0.1) is 0 Å². The molecule has 0 atom stereocenters. The molecule has 0 unspecified atom stereocenters. The summed E-state index contributed by atoms with van der Waals surface area (Å²) in [6, 6.07) is 21.6. The van der Waals surface area contributed by atoms with Crippen molar-refractivity contribution >= 4 is 16.6 Å². The second kappa shape index (κ2) is 6.47. The number of hydrogen-bond donors (Lipinski definition) is 0. The van der Waals surface area contributed by atoms with Gasteiger partial charge in [-0.3, -0.25) is 4.90 Å². The van der Waals surface area contributed by atoms with E-state index in [1.807, 2.05) is 0 Å². The molecule has 3 heteroatoms. The predicted octanol–water partition coefficient (Wildman–Crippen LogP) is 3.46. The van der Waals surface area contributed by atoms with Crippen LogP contribution in [0.15, 0.2) is 66.9 Å². The first-order chi connectivity index (χ1) is 11.4. The van der Waals surface area contributed by atoms with Gasteiger partial charge >= 0.3 is 0 Å². The molecule has 1 saturated heterocycles. The Morgan fingerprint density at radius 2 is 1.43 bits per heavy atom. The molecule has 0 spiro atoms. The van der Waals surface area contributed by atoms with Gasteiger partial charge < -0.3 is 9.47 Å². The molecule has 4 rings (SSSR count). The molecule has 2 heterocycles. The van der Waals surface area contributed by atoms with Gasteiger partial charge in [-0.05, 0) is 29.7 Å². The van der Waals surface area contributed by atoms with Gasteiger partial charge in [0, 0.05) is 56.7 Å². The molecule has 1 aliphatic heterocycles. The summed E-state index contributed by atoms with van der Waals surface area (Å²) in [5, 5.41) is 1.33. The summed E-state index contributed by atoms with van der Waals surface area (Å²) in [7, 11) is 0. The molecule has 1 aliphatic rings. The molecule has 1 fully saturated rings. The van der Waals surface area contributed by atoms with Crippen LogP contribution in [-0.2, 0) is 6.54 Å². The average molecular weight is 305 g/mol. The zero-order chi connectivity index (χ0) is 15.5. The maximum Gasteiger partial charge on any atom is 0.0480 e. The summed E-state index contributed by atoms with van der Waals surface area (Å²) < 4.78 is 2.37. The fraction of sp³-hybridized carbons (Fsp3) is 0.300. The lowest BCUT2D eigenvalue weighted by Gasteiger charge is -2.36. The van der Waals surface area contributed by atoms with E-state index in [1.54, 1.807) is 0 Å². The largest absolute Gasteiger partial charge is 0.369 e. The van der Waals surface area contributed by atoms with Gasteiger partial charge in [-0.2, -0.15) is 0 Å². The molecule has 0 amide bonds. The van der Waals surface area contributed by atoms with Crippen molar-refractivity contribution in [2.75, 3.05) is 37.6 Å². The molecule has 23 heavy (non-hydrogen) atoms. The monoisotopic (exact) mass is 305 g/mol. The first kappa shape index (κ1) is 14.3. The van der Waals surface area contributed by atoms with Gasteiger partial charge in [-0.1, -0.05) is 36.4 Å².